The topological polar surface area (TPSA) is 38.0 Å². The first-order valence-corrected chi connectivity index (χ1v) is 2.93. The van der Waals surface area contributed by atoms with Crippen molar-refractivity contribution in [1.82, 2.24) is 5.32 Å². The number of hydrogen-bond acceptors (Lipinski definition) is 2. The zero-order valence-electron chi connectivity index (χ0n) is 5.15. The third kappa shape index (κ3) is 1.23. The van der Waals surface area contributed by atoms with Gasteiger partial charge < -0.3 is 11.1 Å². The molecule has 8 heavy (non-hydrogen) atoms. The molecule has 1 heterocycles. The Morgan fingerprint density at radius 3 is 3.00 bits per heavy atom. The second-order valence-corrected chi connectivity index (χ2v) is 2.36. The average molecular weight is 112 g/mol. The maximum Gasteiger partial charge on any atom is 0.0296 e. The molecule has 0 bridgehead atoms. The van der Waals surface area contributed by atoms with Gasteiger partial charge in [-0.25, -0.2) is 0 Å². The molecule has 0 aromatic heterocycles. The predicted molar refractivity (Wildman–Crippen MR) is 34.4 cm³/mol. The molecule has 46 valence electrons. The maximum atomic E-state index is 5.62. The van der Waals surface area contributed by atoms with Crippen LogP contribution in [0, 0.1) is 0 Å². The van der Waals surface area contributed by atoms with E-state index in [0.29, 0.717) is 6.04 Å². The second-order valence-electron chi connectivity index (χ2n) is 2.36. The summed E-state index contributed by atoms with van der Waals surface area (Å²) in [6.45, 7) is 3.02. The molecule has 0 amide bonds. The SMILES string of the molecule is CC1=CNCC(N)C1. The van der Waals surface area contributed by atoms with Crippen LogP contribution < -0.4 is 11.1 Å². The molecule has 0 aromatic rings. The van der Waals surface area contributed by atoms with Gasteiger partial charge in [0.25, 0.3) is 0 Å². The lowest BCUT2D eigenvalue weighted by molar-refractivity contribution is 0.594. The smallest absolute Gasteiger partial charge is 0.0296 e. The number of nitrogens with two attached hydrogens (primary N) is 1. The van der Waals surface area contributed by atoms with Gasteiger partial charge in [0.1, 0.15) is 0 Å². The molecule has 2 nitrogen and oxygen atoms in total. The summed E-state index contributed by atoms with van der Waals surface area (Å²) in [5, 5.41) is 3.10. The van der Waals surface area contributed by atoms with Crippen LogP contribution in [0.3, 0.4) is 0 Å². The van der Waals surface area contributed by atoms with Crippen molar-refractivity contribution < 1.29 is 0 Å². The van der Waals surface area contributed by atoms with Crippen molar-refractivity contribution in [3.8, 4) is 0 Å². The van der Waals surface area contributed by atoms with E-state index in [9.17, 15) is 0 Å². The van der Waals surface area contributed by atoms with Gasteiger partial charge in [-0.05, 0) is 19.5 Å². The van der Waals surface area contributed by atoms with Crippen molar-refractivity contribution >= 4 is 0 Å². The molecule has 1 rings (SSSR count). The molecule has 1 aliphatic rings. The first-order valence-electron chi connectivity index (χ1n) is 2.93. The summed E-state index contributed by atoms with van der Waals surface area (Å²) in [5.74, 6) is 0. The summed E-state index contributed by atoms with van der Waals surface area (Å²) in [4.78, 5) is 0. The van der Waals surface area contributed by atoms with Gasteiger partial charge in [-0.15, -0.1) is 0 Å². The van der Waals surface area contributed by atoms with E-state index >= 15 is 0 Å². The van der Waals surface area contributed by atoms with E-state index in [4.69, 9.17) is 5.73 Å². The number of rotatable bonds is 0. The molecule has 2 heteroatoms. The fourth-order valence-corrected chi connectivity index (χ4v) is 0.929. The van der Waals surface area contributed by atoms with Gasteiger partial charge in [0.05, 0.1) is 0 Å². The van der Waals surface area contributed by atoms with Crippen molar-refractivity contribution in [3.05, 3.63) is 11.8 Å². The standard InChI is InChI=1S/C6H12N2/c1-5-2-6(7)4-8-3-5/h3,6,8H,2,4,7H2,1H3. The largest absolute Gasteiger partial charge is 0.389 e. The third-order valence-electron chi connectivity index (χ3n) is 1.31. The maximum absolute atomic E-state index is 5.62. The zero-order chi connectivity index (χ0) is 5.98. The Kier molecular flexibility index (Phi) is 1.53. The molecular formula is C6H12N2. The normalized spacial score (nSPS) is 28.8. The average Bonchev–Trinajstić information content (AvgIpc) is 1.64. The molecule has 0 radical (unpaired) electrons. The summed E-state index contributed by atoms with van der Waals surface area (Å²) >= 11 is 0. The third-order valence-corrected chi connectivity index (χ3v) is 1.31. The van der Waals surface area contributed by atoms with Crippen LogP contribution in [0.15, 0.2) is 11.8 Å². The highest BCUT2D eigenvalue weighted by Gasteiger charge is 2.05. The second kappa shape index (κ2) is 2.18. The van der Waals surface area contributed by atoms with Gasteiger partial charge in [-0.2, -0.15) is 0 Å². The van der Waals surface area contributed by atoms with Crippen LogP contribution in [0.2, 0.25) is 0 Å². The van der Waals surface area contributed by atoms with Crippen LogP contribution in [-0.4, -0.2) is 12.6 Å². The fraction of sp³-hybridized carbons (Fsp3) is 0.667. The molecule has 1 unspecified atom stereocenters. The van der Waals surface area contributed by atoms with Crippen molar-refractivity contribution in [1.29, 1.82) is 0 Å². The van der Waals surface area contributed by atoms with Crippen LogP contribution in [0.1, 0.15) is 13.3 Å². The number of hydrogen-bond donors (Lipinski definition) is 2. The van der Waals surface area contributed by atoms with Gasteiger partial charge in [-0.3, -0.25) is 0 Å². The first-order chi connectivity index (χ1) is 3.79. The van der Waals surface area contributed by atoms with Gasteiger partial charge in [0.15, 0.2) is 0 Å². The Morgan fingerprint density at radius 2 is 2.62 bits per heavy atom. The molecule has 0 spiro atoms. The molecule has 3 N–H and O–H groups in total. The van der Waals surface area contributed by atoms with Gasteiger partial charge >= 0.3 is 0 Å². The molecule has 0 aliphatic carbocycles. The van der Waals surface area contributed by atoms with Crippen molar-refractivity contribution in [2.45, 2.75) is 19.4 Å². The van der Waals surface area contributed by atoms with E-state index in [-0.39, 0.29) is 0 Å². The van der Waals surface area contributed by atoms with E-state index in [1.54, 1.807) is 0 Å². The Hall–Kier alpha value is -0.500. The molecular weight excluding hydrogens is 100 g/mol. The zero-order valence-corrected chi connectivity index (χ0v) is 5.15. The molecule has 0 fully saturated rings. The minimum absolute atomic E-state index is 0.333. The van der Waals surface area contributed by atoms with Crippen LogP contribution in [0.4, 0.5) is 0 Å². The quantitative estimate of drug-likeness (QED) is 0.470. The molecule has 1 aliphatic heterocycles. The van der Waals surface area contributed by atoms with Crippen LogP contribution in [-0.2, 0) is 0 Å². The van der Waals surface area contributed by atoms with Gasteiger partial charge in [0, 0.05) is 12.6 Å². The van der Waals surface area contributed by atoms with Crippen molar-refractivity contribution in [2.24, 2.45) is 5.73 Å². The molecule has 0 aromatic carbocycles. The summed E-state index contributed by atoms with van der Waals surface area (Å²) in [5.41, 5.74) is 6.97. The van der Waals surface area contributed by atoms with Crippen molar-refractivity contribution in [3.63, 3.8) is 0 Å². The fourth-order valence-electron chi connectivity index (χ4n) is 0.929. The minimum atomic E-state index is 0.333. The molecule has 1 atom stereocenters. The highest BCUT2D eigenvalue weighted by atomic mass is 14.9. The van der Waals surface area contributed by atoms with Gasteiger partial charge in [0.2, 0.25) is 0 Å². The van der Waals surface area contributed by atoms with E-state index in [0.717, 1.165) is 13.0 Å². The van der Waals surface area contributed by atoms with E-state index in [1.165, 1.54) is 5.57 Å². The van der Waals surface area contributed by atoms with E-state index in [1.807, 2.05) is 6.20 Å². The van der Waals surface area contributed by atoms with E-state index in [2.05, 4.69) is 12.2 Å². The Morgan fingerprint density at radius 1 is 1.88 bits per heavy atom. The molecule has 0 saturated carbocycles. The predicted octanol–water partition coefficient (Wildman–Crippen LogP) is 0.211. The Bertz CT molecular complexity index is 107. The van der Waals surface area contributed by atoms with Gasteiger partial charge in [-0.1, -0.05) is 5.57 Å². The Labute approximate surface area is 49.8 Å². The highest BCUT2D eigenvalue weighted by Crippen LogP contribution is 2.04. The number of nitrogens with one attached hydrogen (secondary N) is 1. The summed E-state index contributed by atoms with van der Waals surface area (Å²) < 4.78 is 0. The molecule has 0 saturated heterocycles. The summed E-state index contributed by atoms with van der Waals surface area (Å²) in [6.07, 6.45) is 3.08. The lowest BCUT2D eigenvalue weighted by Crippen LogP contribution is -2.34. The highest BCUT2D eigenvalue weighted by molar-refractivity contribution is 5.03. The first kappa shape index (κ1) is 5.63. The van der Waals surface area contributed by atoms with Crippen LogP contribution in [0.25, 0.3) is 0 Å². The lowest BCUT2D eigenvalue weighted by atomic mass is 10.1. The Balaban J connectivity index is 2.45. The summed E-state index contributed by atoms with van der Waals surface area (Å²) in [7, 11) is 0. The minimum Gasteiger partial charge on any atom is -0.389 e. The van der Waals surface area contributed by atoms with E-state index < -0.39 is 0 Å². The lowest BCUT2D eigenvalue weighted by Gasteiger charge is -2.17. The monoisotopic (exact) mass is 112 g/mol. The van der Waals surface area contributed by atoms with Crippen LogP contribution in [0.5, 0.6) is 0 Å². The van der Waals surface area contributed by atoms with Crippen LogP contribution >= 0.6 is 0 Å². The van der Waals surface area contributed by atoms with Crippen molar-refractivity contribution in [2.75, 3.05) is 6.54 Å². The summed E-state index contributed by atoms with van der Waals surface area (Å²) in [6, 6.07) is 0.333.